The average molecular weight is 155 g/mol. The van der Waals surface area contributed by atoms with E-state index in [0.29, 0.717) is 5.54 Å². The first kappa shape index (κ1) is 9.05. The highest BCUT2D eigenvalue weighted by atomic mass is 15.0. The molecule has 0 bridgehead atoms. The van der Waals surface area contributed by atoms with Gasteiger partial charge >= 0.3 is 0 Å². The Balaban J connectivity index is 0.000000179. The SMILES string of the molecule is C1CCC2(CC2)NC1.CCC. The van der Waals surface area contributed by atoms with E-state index < -0.39 is 0 Å². The van der Waals surface area contributed by atoms with Crippen molar-refractivity contribution in [2.45, 2.75) is 57.9 Å². The van der Waals surface area contributed by atoms with Gasteiger partial charge < -0.3 is 5.32 Å². The molecule has 66 valence electrons. The van der Waals surface area contributed by atoms with E-state index in [1.165, 1.54) is 45.1 Å². The summed E-state index contributed by atoms with van der Waals surface area (Å²) in [6.07, 6.45) is 8.47. The molecule has 1 spiro atoms. The summed E-state index contributed by atoms with van der Waals surface area (Å²) in [4.78, 5) is 0. The van der Waals surface area contributed by atoms with Gasteiger partial charge in [0, 0.05) is 5.54 Å². The first-order valence-electron chi connectivity index (χ1n) is 5.08. The van der Waals surface area contributed by atoms with Crippen LogP contribution >= 0.6 is 0 Å². The van der Waals surface area contributed by atoms with Gasteiger partial charge in [-0.15, -0.1) is 0 Å². The van der Waals surface area contributed by atoms with Crippen LogP contribution in [0.25, 0.3) is 0 Å². The Morgan fingerprint density at radius 2 is 1.73 bits per heavy atom. The van der Waals surface area contributed by atoms with E-state index in [2.05, 4.69) is 19.2 Å². The van der Waals surface area contributed by atoms with E-state index in [1.807, 2.05) is 0 Å². The number of rotatable bonds is 0. The van der Waals surface area contributed by atoms with Gasteiger partial charge in [0.05, 0.1) is 0 Å². The molecule has 0 amide bonds. The quantitative estimate of drug-likeness (QED) is 0.567. The third-order valence-electron chi connectivity index (χ3n) is 2.44. The van der Waals surface area contributed by atoms with Gasteiger partial charge in [0.25, 0.3) is 0 Å². The summed E-state index contributed by atoms with van der Waals surface area (Å²) in [5, 5.41) is 3.57. The molecule has 1 nitrogen and oxygen atoms in total. The highest BCUT2D eigenvalue weighted by Gasteiger charge is 2.42. The second-order valence-electron chi connectivity index (χ2n) is 3.87. The molecule has 2 aliphatic rings. The molecule has 1 aliphatic heterocycles. The van der Waals surface area contributed by atoms with E-state index in [-0.39, 0.29) is 0 Å². The Kier molecular flexibility index (Phi) is 3.38. The minimum Gasteiger partial charge on any atom is -0.311 e. The van der Waals surface area contributed by atoms with Crippen molar-refractivity contribution in [3.8, 4) is 0 Å². The Hall–Kier alpha value is -0.0400. The average Bonchev–Trinajstić information content (AvgIpc) is 2.73. The molecule has 0 radical (unpaired) electrons. The zero-order chi connectivity index (χ0) is 8.16. The van der Waals surface area contributed by atoms with Crippen LogP contribution in [0.2, 0.25) is 0 Å². The van der Waals surface area contributed by atoms with Crippen molar-refractivity contribution in [2.75, 3.05) is 6.54 Å². The number of nitrogens with one attached hydrogen (secondary N) is 1. The first-order chi connectivity index (χ1) is 5.33. The van der Waals surface area contributed by atoms with Crippen molar-refractivity contribution in [3.63, 3.8) is 0 Å². The molecule has 0 aromatic heterocycles. The summed E-state index contributed by atoms with van der Waals surface area (Å²) in [7, 11) is 0. The van der Waals surface area contributed by atoms with Gasteiger partial charge in [-0.25, -0.2) is 0 Å². The fourth-order valence-electron chi connectivity index (χ4n) is 1.61. The molecule has 2 fully saturated rings. The van der Waals surface area contributed by atoms with Gasteiger partial charge in [0.15, 0.2) is 0 Å². The smallest absolute Gasteiger partial charge is 0.0182 e. The molecule has 1 heterocycles. The van der Waals surface area contributed by atoms with Crippen LogP contribution in [-0.2, 0) is 0 Å². The van der Waals surface area contributed by atoms with Crippen molar-refractivity contribution < 1.29 is 0 Å². The normalized spacial score (nSPS) is 25.6. The van der Waals surface area contributed by atoms with Gasteiger partial charge in [0.2, 0.25) is 0 Å². The highest BCUT2D eigenvalue weighted by Crippen LogP contribution is 2.41. The Bertz CT molecular complexity index is 97.4. The number of hydrogen-bond donors (Lipinski definition) is 1. The lowest BCUT2D eigenvalue weighted by atomic mass is 10.0. The van der Waals surface area contributed by atoms with Crippen molar-refractivity contribution in [3.05, 3.63) is 0 Å². The molecule has 1 aliphatic carbocycles. The number of piperidine rings is 1. The summed E-state index contributed by atoms with van der Waals surface area (Å²) in [5.74, 6) is 0. The maximum atomic E-state index is 3.57. The zero-order valence-electron chi connectivity index (χ0n) is 7.95. The van der Waals surface area contributed by atoms with E-state index in [1.54, 1.807) is 0 Å². The highest BCUT2D eigenvalue weighted by molar-refractivity contribution is 5.03. The monoisotopic (exact) mass is 155 g/mol. The molecular formula is C10H21N. The van der Waals surface area contributed by atoms with Crippen LogP contribution in [0.1, 0.15) is 52.4 Å². The standard InChI is InChI=1S/C7H13N.C3H8/c1-2-6-8-7(3-1)4-5-7;1-3-2/h8H,1-6H2;3H2,1-2H3. The van der Waals surface area contributed by atoms with Crippen LogP contribution in [0.5, 0.6) is 0 Å². The van der Waals surface area contributed by atoms with Gasteiger partial charge in [-0.2, -0.15) is 0 Å². The molecular weight excluding hydrogens is 134 g/mol. The van der Waals surface area contributed by atoms with E-state index in [0.717, 1.165) is 0 Å². The topological polar surface area (TPSA) is 12.0 Å². The van der Waals surface area contributed by atoms with Gasteiger partial charge in [0.1, 0.15) is 0 Å². The van der Waals surface area contributed by atoms with Gasteiger partial charge in [-0.1, -0.05) is 26.7 Å². The lowest BCUT2D eigenvalue weighted by Crippen LogP contribution is -2.35. The van der Waals surface area contributed by atoms with Crippen molar-refractivity contribution in [1.29, 1.82) is 0 Å². The molecule has 1 saturated carbocycles. The molecule has 0 aromatic carbocycles. The Morgan fingerprint density at radius 1 is 1.09 bits per heavy atom. The second kappa shape index (κ2) is 4.10. The van der Waals surface area contributed by atoms with Gasteiger partial charge in [-0.3, -0.25) is 0 Å². The molecule has 2 rings (SSSR count). The fraction of sp³-hybridized carbons (Fsp3) is 1.00. The molecule has 1 N–H and O–H groups in total. The zero-order valence-corrected chi connectivity index (χ0v) is 7.95. The summed E-state index contributed by atoms with van der Waals surface area (Å²) in [5.41, 5.74) is 0.679. The van der Waals surface area contributed by atoms with Crippen LogP contribution in [0.4, 0.5) is 0 Å². The van der Waals surface area contributed by atoms with E-state index in [4.69, 9.17) is 0 Å². The summed E-state index contributed by atoms with van der Waals surface area (Å²) in [6.45, 7) is 5.53. The van der Waals surface area contributed by atoms with Crippen LogP contribution in [0, 0.1) is 0 Å². The largest absolute Gasteiger partial charge is 0.311 e. The number of hydrogen-bond acceptors (Lipinski definition) is 1. The van der Waals surface area contributed by atoms with Gasteiger partial charge in [-0.05, 0) is 32.2 Å². The first-order valence-corrected chi connectivity index (χ1v) is 5.08. The van der Waals surface area contributed by atoms with E-state index in [9.17, 15) is 0 Å². The summed E-state index contributed by atoms with van der Waals surface area (Å²) >= 11 is 0. The molecule has 0 unspecified atom stereocenters. The predicted molar refractivity (Wildman–Crippen MR) is 49.8 cm³/mol. The minimum atomic E-state index is 0.679. The Morgan fingerprint density at radius 3 is 2.00 bits per heavy atom. The maximum Gasteiger partial charge on any atom is 0.0182 e. The maximum absolute atomic E-state index is 3.57. The Labute approximate surface area is 70.6 Å². The van der Waals surface area contributed by atoms with Crippen LogP contribution in [0.15, 0.2) is 0 Å². The van der Waals surface area contributed by atoms with Crippen LogP contribution in [-0.4, -0.2) is 12.1 Å². The third kappa shape index (κ3) is 2.82. The molecule has 11 heavy (non-hydrogen) atoms. The van der Waals surface area contributed by atoms with Crippen LogP contribution < -0.4 is 5.32 Å². The molecule has 1 saturated heterocycles. The van der Waals surface area contributed by atoms with E-state index >= 15 is 0 Å². The van der Waals surface area contributed by atoms with Crippen molar-refractivity contribution in [2.24, 2.45) is 0 Å². The van der Waals surface area contributed by atoms with Crippen molar-refractivity contribution in [1.82, 2.24) is 5.32 Å². The molecule has 0 aromatic rings. The summed E-state index contributed by atoms with van der Waals surface area (Å²) < 4.78 is 0. The lowest BCUT2D eigenvalue weighted by molar-refractivity contribution is 0.385. The fourth-order valence-corrected chi connectivity index (χ4v) is 1.61. The summed E-state index contributed by atoms with van der Waals surface area (Å²) in [6, 6.07) is 0. The third-order valence-corrected chi connectivity index (χ3v) is 2.44. The predicted octanol–water partition coefficient (Wildman–Crippen LogP) is 2.71. The lowest BCUT2D eigenvalue weighted by Gasteiger charge is -2.22. The second-order valence-corrected chi connectivity index (χ2v) is 3.87. The van der Waals surface area contributed by atoms with Crippen LogP contribution in [0.3, 0.4) is 0 Å². The molecule has 1 heteroatoms. The molecule has 0 atom stereocenters. The minimum absolute atomic E-state index is 0.679. The van der Waals surface area contributed by atoms with Crippen molar-refractivity contribution >= 4 is 0 Å².